The van der Waals surface area contributed by atoms with Gasteiger partial charge in [0.25, 0.3) is 0 Å². The van der Waals surface area contributed by atoms with Gasteiger partial charge in [-0.15, -0.1) is 10.2 Å². The molecule has 1 aliphatic rings. The van der Waals surface area contributed by atoms with Crippen LogP contribution < -0.4 is 5.32 Å². The van der Waals surface area contributed by atoms with Crippen molar-refractivity contribution in [1.82, 2.24) is 24.7 Å². The highest BCUT2D eigenvalue weighted by molar-refractivity contribution is 5.97. The number of nitrogens with zero attached hydrogens (tertiary/aromatic N) is 4. The molecule has 4 aromatic rings. The van der Waals surface area contributed by atoms with Gasteiger partial charge in [0.2, 0.25) is 0 Å². The Labute approximate surface area is 161 Å². The maximum atomic E-state index is 14.4. The molecule has 6 nitrogen and oxygen atoms in total. The van der Waals surface area contributed by atoms with Gasteiger partial charge in [0.1, 0.15) is 11.6 Å². The minimum absolute atomic E-state index is 0.261. The molecule has 4 heterocycles. The SMILES string of the molecule is Cc1c(-c2cc(F)cc3c(C)c[nH]c23)cnc2c1-n1c(C)nnc1C(C)(C)N2. The normalized spacial score (nSPS) is 14.6. The highest BCUT2D eigenvalue weighted by atomic mass is 19.1. The third-order valence-corrected chi connectivity index (χ3v) is 5.60. The highest BCUT2D eigenvalue weighted by Crippen LogP contribution is 2.41. The fourth-order valence-electron chi connectivity index (χ4n) is 4.16. The Morgan fingerprint density at radius 3 is 2.64 bits per heavy atom. The van der Waals surface area contributed by atoms with Crippen LogP contribution in [0.2, 0.25) is 0 Å². The van der Waals surface area contributed by atoms with Crippen molar-refractivity contribution >= 4 is 16.7 Å². The van der Waals surface area contributed by atoms with Crippen LogP contribution >= 0.6 is 0 Å². The first kappa shape index (κ1) is 16.9. The lowest BCUT2D eigenvalue weighted by molar-refractivity contribution is 0.531. The summed E-state index contributed by atoms with van der Waals surface area (Å²) in [6, 6.07) is 3.13. The third kappa shape index (κ3) is 2.16. The Balaban J connectivity index is 1.83. The maximum absolute atomic E-state index is 14.4. The number of fused-ring (bicyclic) bond motifs is 4. The molecule has 0 aliphatic carbocycles. The molecule has 0 atom stereocenters. The number of hydrogen-bond acceptors (Lipinski definition) is 4. The number of benzene rings is 1. The summed E-state index contributed by atoms with van der Waals surface area (Å²) >= 11 is 0. The van der Waals surface area contributed by atoms with Crippen LogP contribution in [-0.4, -0.2) is 24.7 Å². The van der Waals surface area contributed by atoms with Crippen molar-refractivity contribution in [2.75, 3.05) is 5.32 Å². The van der Waals surface area contributed by atoms with Crippen molar-refractivity contribution in [2.24, 2.45) is 0 Å². The Hall–Kier alpha value is -3.22. The summed E-state index contributed by atoms with van der Waals surface area (Å²) in [5.74, 6) is 2.15. The number of rotatable bonds is 1. The summed E-state index contributed by atoms with van der Waals surface area (Å²) in [4.78, 5) is 7.98. The molecule has 3 aromatic heterocycles. The van der Waals surface area contributed by atoms with Gasteiger partial charge in [0.05, 0.1) is 16.7 Å². The molecule has 0 fully saturated rings. The zero-order chi connectivity index (χ0) is 19.8. The van der Waals surface area contributed by atoms with Crippen LogP contribution in [0.25, 0.3) is 27.7 Å². The summed E-state index contributed by atoms with van der Waals surface area (Å²) in [5, 5.41) is 13.0. The topological polar surface area (TPSA) is 71.4 Å². The predicted molar refractivity (Wildman–Crippen MR) is 107 cm³/mol. The van der Waals surface area contributed by atoms with E-state index in [9.17, 15) is 4.39 Å². The Kier molecular flexibility index (Phi) is 3.27. The number of pyridine rings is 1. The van der Waals surface area contributed by atoms with Crippen molar-refractivity contribution in [3.63, 3.8) is 0 Å². The van der Waals surface area contributed by atoms with E-state index in [1.54, 1.807) is 12.1 Å². The largest absolute Gasteiger partial charge is 0.360 e. The van der Waals surface area contributed by atoms with Gasteiger partial charge in [-0.2, -0.15) is 0 Å². The molecule has 0 unspecified atom stereocenters. The summed E-state index contributed by atoms with van der Waals surface area (Å²) < 4.78 is 16.4. The van der Waals surface area contributed by atoms with Crippen molar-refractivity contribution in [3.8, 4) is 16.8 Å². The van der Waals surface area contributed by atoms with E-state index in [-0.39, 0.29) is 5.82 Å². The van der Waals surface area contributed by atoms with Gasteiger partial charge in [0, 0.05) is 28.9 Å². The minimum atomic E-state index is -0.391. The first-order valence-corrected chi connectivity index (χ1v) is 9.26. The maximum Gasteiger partial charge on any atom is 0.162 e. The molecule has 1 aliphatic heterocycles. The van der Waals surface area contributed by atoms with Crippen LogP contribution in [0.5, 0.6) is 0 Å². The van der Waals surface area contributed by atoms with Crippen molar-refractivity contribution in [3.05, 3.63) is 53.1 Å². The smallest absolute Gasteiger partial charge is 0.162 e. The molecule has 2 N–H and O–H groups in total. The van der Waals surface area contributed by atoms with Crippen LogP contribution in [0.1, 0.15) is 36.6 Å². The summed E-state index contributed by atoms with van der Waals surface area (Å²) in [5.41, 5.74) is 5.12. The van der Waals surface area contributed by atoms with E-state index in [4.69, 9.17) is 4.98 Å². The van der Waals surface area contributed by atoms with Gasteiger partial charge in [0.15, 0.2) is 11.6 Å². The number of aromatic nitrogens is 5. The molecule has 0 bridgehead atoms. The lowest BCUT2D eigenvalue weighted by Crippen LogP contribution is -2.36. The number of aromatic amines is 1. The number of aryl methyl sites for hydroxylation is 2. The van der Waals surface area contributed by atoms with Gasteiger partial charge in [-0.1, -0.05) is 0 Å². The molecule has 0 saturated heterocycles. The number of halogens is 1. The lowest BCUT2D eigenvalue weighted by atomic mass is 9.95. The van der Waals surface area contributed by atoms with E-state index in [1.807, 2.05) is 37.7 Å². The van der Waals surface area contributed by atoms with E-state index >= 15 is 0 Å². The monoisotopic (exact) mass is 376 g/mol. The highest BCUT2D eigenvalue weighted by Gasteiger charge is 2.36. The van der Waals surface area contributed by atoms with Crippen LogP contribution in [0.4, 0.5) is 10.2 Å². The average Bonchev–Trinajstić information content (AvgIpc) is 3.19. The van der Waals surface area contributed by atoms with Crippen molar-refractivity contribution in [2.45, 2.75) is 40.2 Å². The fourth-order valence-corrected chi connectivity index (χ4v) is 4.16. The second-order valence-corrected chi connectivity index (χ2v) is 8.00. The molecule has 0 spiro atoms. The summed E-state index contributed by atoms with van der Waals surface area (Å²) in [7, 11) is 0. The Morgan fingerprint density at radius 1 is 1.07 bits per heavy atom. The zero-order valence-electron chi connectivity index (χ0n) is 16.5. The molecule has 0 saturated carbocycles. The number of hydrogen-bond donors (Lipinski definition) is 2. The van der Waals surface area contributed by atoms with E-state index in [2.05, 4.69) is 34.3 Å². The van der Waals surface area contributed by atoms with E-state index < -0.39 is 5.54 Å². The number of H-pyrrole nitrogens is 1. The quantitative estimate of drug-likeness (QED) is 0.512. The standard InChI is InChI=1S/C21H21FN6/c1-10-8-23-17-14(10)6-13(22)7-15(17)16-9-24-19-18(11(16)2)28-12(3)26-27-20(28)21(4,5)25-19/h6-9,23H,1-5H3,(H,24,25). The van der Waals surface area contributed by atoms with Crippen LogP contribution in [0.15, 0.2) is 24.5 Å². The molecule has 142 valence electrons. The zero-order valence-corrected chi connectivity index (χ0v) is 16.5. The second-order valence-electron chi connectivity index (χ2n) is 8.00. The minimum Gasteiger partial charge on any atom is -0.360 e. The van der Waals surface area contributed by atoms with Crippen LogP contribution in [-0.2, 0) is 5.54 Å². The van der Waals surface area contributed by atoms with Crippen LogP contribution in [0.3, 0.4) is 0 Å². The lowest BCUT2D eigenvalue weighted by Gasteiger charge is -2.34. The van der Waals surface area contributed by atoms with Gasteiger partial charge in [-0.05, 0) is 57.9 Å². The first-order chi connectivity index (χ1) is 13.3. The van der Waals surface area contributed by atoms with Crippen molar-refractivity contribution < 1.29 is 4.39 Å². The van der Waals surface area contributed by atoms with Gasteiger partial charge in [-0.3, -0.25) is 4.57 Å². The molecular formula is C21H21FN6. The molecular weight excluding hydrogens is 355 g/mol. The summed E-state index contributed by atoms with van der Waals surface area (Å²) in [6.45, 7) is 10.0. The molecule has 28 heavy (non-hydrogen) atoms. The van der Waals surface area contributed by atoms with E-state index in [1.165, 1.54) is 0 Å². The third-order valence-electron chi connectivity index (χ3n) is 5.60. The fraction of sp³-hybridized carbons (Fsp3) is 0.286. The average molecular weight is 376 g/mol. The number of anilines is 1. The molecule has 0 amide bonds. The molecule has 0 radical (unpaired) electrons. The van der Waals surface area contributed by atoms with E-state index in [0.29, 0.717) is 0 Å². The Bertz CT molecular complexity index is 1260. The molecule has 7 heteroatoms. The summed E-state index contributed by atoms with van der Waals surface area (Å²) in [6.07, 6.45) is 3.72. The van der Waals surface area contributed by atoms with Gasteiger partial charge < -0.3 is 10.3 Å². The second kappa shape index (κ2) is 5.41. The molecule has 5 rings (SSSR count). The van der Waals surface area contributed by atoms with Crippen LogP contribution in [0, 0.1) is 26.6 Å². The van der Waals surface area contributed by atoms with Crippen molar-refractivity contribution in [1.29, 1.82) is 0 Å². The first-order valence-electron chi connectivity index (χ1n) is 9.26. The number of nitrogens with one attached hydrogen (secondary N) is 2. The predicted octanol–water partition coefficient (Wildman–Crippen LogP) is 4.54. The van der Waals surface area contributed by atoms with Gasteiger partial charge in [-0.25, -0.2) is 9.37 Å². The Morgan fingerprint density at radius 2 is 1.86 bits per heavy atom. The molecule has 1 aromatic carbocycles. The van der Waals surface area contributed by atoms with E-state index in [0.717, 1.165) is 56.3 Å². The van der Waals surface area contributed by atoms with Gasteiger partial charge >= 0.3 is 0 Å².